The lowest BCUT2D eigenvalue weighted by Crippen LogP contribution is -2.30. The Labute approximate surface area is 219 Å². The lowest BCUT2D eigenvalue weighted by Gasteiger charge is -2.23. The van der Waals surface area contributed by atoms with Crippen molar-refractivity contribution in [2.24, 2.45) is 0 Å². The van der Waals surface area contributed by atoms with Crippen LogP contribution in [0.3, 0.4) is 0 Å². The van der Waals surface area contributed by atoms with Gasteiger partial charge in [-0.1, -0.05) is 28.1 Å². The van der Waals surface area contributed by atoms with Crippen LogP contribution in [0.4, 0.5) is 10.1 Å². The average molecular weight is 555 g/mol. The van der Waals surface area contributed by atoms with Crippen LogP contribution in [0.2, 0.25) is 0 Å². The topological polar surface area (TPSA) is 90.5 Å². The Morgan fingerprint density at radius 2 is 1.83 bits per heavy atom. The molecule has 1 fully saturated rings. The summed E-state index contributed by atoms with van der Waals surface area (Å²) in [6.45, 7) is 0.00708. The van der Waals surface area contributed by atoms with Gasteiger partial charge in [0.05, 0.1) is 16.1 Å². The number of rotatable bonds is 7. The van der Waals surface area contributed by atoms with E-state index in [4.69, 9.17) is 10.2 Å². The monoisotopic (exact) mass is 554 g/mol. The van der Waals surface area contributed by atoms with E-state index in [1.165, 1.54) is 52.2 Å². The molecule has 4 aromatic rings. The molecule has 1 aliphatic heterocycles. The van der Waals surface area contributed by atoms with Crippen molar-refractivity contribution in [3.63, 3.8) is 0 Å². The van der Waals surface area contributed by atoms with Gasteiger partial charge < -0.3 is 9.64 Å². The number of carbonyl (C=O) groups excluding carboxylic acids is 1. The molecule has 1 aromatic heterocycles. The summed E-state index contributed by atoms with van der Waals surface area (Å²) in [5, 5.41) is 15.5. The Bertz CT molecular complexity index is 1600. The quantitative estimate of drug-likeness (QED) is 0.224. The molecule has 1 amide bonds. The molecule has 0 saturated carbocycles. The Morgan fingerprint density at radius 3 is 2.50 bits per heavy atom. The Hall–Kier alpha value is -3.89. The van der Waals surface area contributed by atoms with Gasteiger partial charge in [0.25, 0.3) is 11.6 Å². The molecule has 0 radical (unpaired) electrons. The number of carbonyl (C=O) groups is 1. The van der Waals surface area contributed by atoms with Crippen LogP contribution in [0.5, 0.6) is 0 Å². The molecule has 5 rings (SSSR count). The second-order valence-electron chi connectivity index (χ2n) is 7.97. The van der Waals surface area contributed by atoms with Crippen molar-refractivity contribution in [3.05, 3.63) is 110 Å². The predicted molar refractivity (Wildman–Crippen MR) is 134 cm³/mol. The highest BCUT2D eigenvalue weighted by Crippen LogP contribution is 2.35. The van der Waals surface area contributed by atoms with Crippen LogP contribution in [-0.4, -0.2) is 38.7 Å². The average Bonchev–Trinajstić information content (AvgIpc) is 3.53. The van der Waals surface area contributed by atoms with Gasteiger partial charge in [0.2, 0.25) is 0 Å². The van der Waals surface area contributed by atoms with E-state index in [0.717, 1.165) is 5.56 Å². The third-order valence-electron chi connectivity index (χ3n) is 5.69. The van der Waals surface area contributed by atoms with Gasteiger partial charge in [-0.25, -0.2) is 9.07 Å². The number of non-ortho nitro benzene ring substituents is 1. The number of halogens is 2. The van der Waals surface area contributed by atoms with E-state index in [2.05, 4.69) is 21.0 Å². The molecule has 1 aliphatic rings. The van der Waals surface area contributed by atoms with Crippen molar-refractivity contribution in [1.82, 2.24) is 14.7 Å². The van der Waals surface area contributed by atoms with E-state index < -0.39 is 17.0 Å². The molecule has 182 valence electrons. The minimum Gasteiger partial charge on any atom is -0.344 e. The number of aromatic nitrogens is 2. The van der Waals surface area contributed by atoms with Gasteiger partial charge in [0, 0.05) is 40.5 Å². The van der Waals surface area contributed by atoms with E-state index >= 15 is 0 Å². The summed E-state index contributed by atoms with van der Waals surface area (Å²) in [6, 6.07) is 10.3. The lowest BCUT2D eigenvalue weighted by atomic mass is 10.1. The van der Waals surface area contributed by atoms with Crippen LogP contribution in [0.1, 0.15) is 22.8 Å². The van der Waals surface area contributed by atoms with Crippen molar-refractivity contribution in [2.45, 2.75) is 12.6 Å². The summed E-state index contributed by atoms with van der Waals surface area (Å²) in [7, 11) is 0. The minimum atomic E-state index is -0.913. The van der Waals surface area contributed by atoms with Gasteiger partial charge in [0.15, 0.2) is 6.23 Å². The number of benzene rings is 3. The molecular formula is C26H20BrFN4O4. The molecular weight excluding hydrogens is 531 g/mol. The molecule has 0 bridgehead atoms. The van der Waals surface area contributed by atoms with Crippen LogP contribution in [0.25, 0.3) is 16.9 Å². The Kier molecular flexibility index (Phi) is 5.37. The van der Waals surface area contributed by atoms with Crippen molar-refractivity contribution in [3.8, 4) is 16.9 Å². The smallest absolute Gasteiger partial charge is 0.269 e. The summed E-state index contributed by atoms with van der Waals surface area (Å²) in [5.74, 6) is -0.758. The molecule has 10 heteroatoms. The largest absolute Gasteiger partial charge is 0.344 e. The van der Waals surface area contributed by atoms with Crippen molar-refractivity contribution in [1.29, 1.82) is 0 Å². The zero-order valence-electron chi connectivity index (χ0n) is 22.6. The Morgan fingerprint density at radius 1 is 1.14 bits per heavy atom. The zero-order valence-corrected chi connectivity index (χ0v) is 20.2. The fourth-order valence-corrected chi connectivity index (χ4v) is 4.11. The first-order valence-corrected chi connectivity index (χ1v) is 11.6. The highest BCUT2D eigenvalue weighted by Gasteiger charge is 2.36. The number of ether oxygens (including phenoxy) is 1. The summed E-state index contributed by atoms with van der Waals surface area (Å²) < 4.78 is 54.0. The van der Waals surface area contributed by atoms with E-state index in [0.29, 0.717) is 23.2 Å². The molecule has 36 heavy (non-hydrogen) atoms. The van der Waals surface area contributed by atoms with Crippen molar-refractivity contribution in [2.75, 3.05) is 13.2 Å². The Balaban J connectivity index is 1.56. The van der Waals surface area contributed by atoms with E-state index in [-0.39, 0.29) is 59.1 Å². The second kappa shape index (κ2) is 10.00. The van der Waals surface area contributed by atoms with E-state index in [1.807, 2.05) is 0 Å². The van der Waals surface area contributed by atoms with Gasteiger partial charge in [-0.3, -0.25) is 14.9 Å². The molecule has 2 heterocycles. The molecule has 1 atom stereocenters. The third-order valence-corrected chi connectivity index (χ3v) is 6.09. The molecule has 1 saturated heterocycles. The van der Waals surface area contributed by atoms with Gasteiger partial charge in [0.1, 0.15) is 18.1 Å². The SMILES string of the molecule is [2H]c1c([2H])c(-n2cc(C3OCC(=O)N3CCc3ccc([N+](=O)[O-])cc3)c(-c3ccc(F)cc3)n2)c([2H])c([2H])c1Br. The van der Waals surface area contributed by atoms with Crippen LogP contribution >= 0.6 is 15.9 Å². The molecule has 0 N–H and O–H groups in total. The highest BCUT2D eigenvalue weighted by atomic mass is 79.9. The molecule has 0 aliphatic carbocycles. The molecule has 0 spiro atoms. The first-order valence-electron chi connectivity index (χ1n) is 12.8. The van der Waals surface area contributed by atoms with Crippen LogP contribution in [0.15, 0.2) is 83.4 Å². The number of nitrogens with zero attached hydrogens (tertiary/aromatic N) is 4. The second-order valence-corrected chi connectivity index (χ2v) is 8.76. The normalized spacial score (nSPS) is 17.0. The number of hydrogen-bond donors (Lipinski definition) is 0. The van der Waals surface area contributed by atoms with Gasteiger partial charge in [-0.05, 0) is 60.4 Å². The fourth-order valence-electron chi connectivity index (χ4n) is 3.91. The minimum absolute atomic E-state index is 0.0135. The van der Waals surface area contributed by atoms with Crippen LogP contribution in [0, 0.1) is 15.9 Å². The predicted octanol–water partition coefficient (Wildman–Crippen LogP) is 5.45. The molecule has 8 nitrogen and oxygen atoms in total. The molecule has 3 aromatic carbocycles. The molecule has 1 unspecified atom stereocenters. The number of nitro groups is 1. The lowest BCUT2D eigenvalue weighted by molar-refractivity contribution is -0.384. The zero-order chi connectivity index (χ0) is 28.7. The first kappa shape index (κ1) is 19.3. The number of amides is 1. The van der Waals surface area contributed by atoms with E-state index in [9.17, 15) is 19.3 Å². The van der Waals surface area contributed by atoms with Crippen LogP contribution < -0.4 is 0 Å². The summed E-state index contributed by atoms with van der Waals surface area (Å²) >= 11 is 3.09. The van der Waals surface area contributed by atoms with E-state index in [1.54, 1.807) is 12.1 Å². The van der Waals surface area contributed by atoms with Crippen molar-refractivity contribution >= 4 is 27.5 Å². The van der Waals surface area contributed by atoms with Gasteiger partial charge >= 0.3 is 0 Å². The fraction of sp³-hybridized carbons (Fsp3) is 0.154. The van der Waals surface area contributed by atoms with Gasteiger partial charge in [-0.15, -0.1) is 0 Å². The maximum atomic E-state index is 13.7. The standard InChI is InChI=1S/C26H20BrFN4O4/c27-19-5-11-21(12-6-19)31-15-23(25(29-31)18-3-7-20(28)8-4-18)26-30(24(33)16-36-26)14-13-17-1-9-22(10-2-17)32(34)35/h1-12,15,26H,13-14,16H2/i5D,6D,11D,12D. The van der Waals surface area contributed by atoms with Crippen LogP contribution in [-0.2, 0) is 16.0 Å². The van der Waals surface area contributed by atoms with Gasteiger partial charge in [-0.2, -0.15) is 5.10 Å². The maximum absolute atomic E-state index is 13.7. The summed E-state index contributed by atoms with van der Waals surface area (Å²) in [5.41, 5.74) is 1.83. The number of nitro benzene ring substituents is 1. The third kappa shape index (κ3) is 4.91. The number of hydrogen-bond acceptors (Lipinski definition) is 5. The maximum Gasteiger partial charge on any atom is 0.269 e. The first-order chi connectivity index (χ1) is 19.1. The van der Waals surface area contributed by atoms with Crippen molar-refractivity contribution < 1.29 is 24.3 Å². The highest BCUT2D eigenvalue weighted by molar-refractivity contribution is 9.10. The summed E-state index contributed by atoms with van der Waals surface area (Å²) in [4.78, 5) is 24.8. The summed E-state index contributed by atoms with van der Waals surface area (Å²) in [6.07, 6.45) is 0.956.